The Labute approximate surface area is 113 Å². The number of rotatable bonds is 2. The first-order chi connectivity index (χ1) is 9.63. The topological polar surface area (TPSA) is 48.9 Å². The molecule has 3 nitrogen and oxygen atoms in total. The highest BCUT2D eigenvalue weighted by molar-refractivity contribution is 5.68. The lowest BCUT2D eigenvalue weighted by atomic mass is 10.1. The molecule has 0 aliphatic rings. The Kier molecular flexibility index (Phi) is 2.95. The summed E-state index contributed by atoms with van der Waals surface area (Å²) in [5, 5.41) is 16.0. The minimum Gasteiger partial charge on any atom is -0.508 e. The first-order valence-electron chi connectivity index (χ1n) is 5.94. The Bertz CT molecular complexity index is 751. The highest BCUT2D eigenvalue weighted by Crippen LogP contribution is 2.26. The van der Waals surface area contributed by atoms with Gasteiger partial charge in [0.1, 0.15) is 17.4 Å². The van der Waals surface area contributed by atoms with Crippen LogP contribution in [0, 0.1) is 11.6 Å². The number of nitrogens with one attached hydrogen (secondary N) is 1. The summed E-state index contributed by atoms with van der Waals surface area (Å²) in [5.41, 5.74) is 2.12. The predicted octanol–water partition coefficient (Wildman–Crippen LogP) is 3.73. The second kappa shape index (κ2) is 4.77. The average Bonchev–Trinajstić information content (AvgIpc) is 2.89. The van der Waals surface area contributed by atoms with Gasteiger partial charge in [0.15, 0.2) is 0 Å². The van der Waals surface area contributed by atoms with Crippen molar-refractivity contribution in [3.63, 3.8) is 0 Å². The van der Waals surface area contributed by atoms with Crippen LogP contribution in [-0.2, 0) is 0 Å². The van der Waals surface area contributed by atoms with Gasteiger partial charge in [-0.05, 0) is 42.5 Å². The molecule has 0 fully saturated rings. The average molecular weight is 272 g/mol. The molecular formula is C15H10F2N2O. The largest absolute Gasteiger partial charge is 0.508 e. The summed E-state index contributed by atoms with van der Waals surface area (Å²) in [6, 6.07) is 11.5. The maximum absolute atomic E-state index is 13.7. The fourth-order valence-electron chi connectivity index (χ4n) is 1.95. The van der Waals surface area contributed by atoms with Gasteiger partial charge >= 0.3 is 0 Å². The van der Waals surface area contributed by atoms with Gasteiger partial charge in [-0.2, -0.15) is 5.10 Å². The molecule has 0 aliphatic heterocycles. The predicted molar refractivity (Wildman–Crippen MR) is 71.0 cm³/mol. The van der Waals surface area contributed by atoms with Gasteiger partial charge in [-0.1, -0.05) is 0 Å². The third-order valence-corrected chi connectivity index (χ3v) is 2.96. The van der Waals surface area contributed by atoms with Crippen LogP contribution >= 0.6 is 0 Å². The number of nitrogens with zero attached hydrogens (tertiary/aromatic N) is 1. The van der Waals surface area contributed by atoms with Crippen LogP contribution in [-0.4, -0.2) is 15.3 Å². The fourth-order valence-corrected chi connectivity index (χ4v) is 1.95. The molecule has 2 aromatic carbocycles. The van der Waals surface area contributed by atoms with Gasteiger partial charge in [-0.15, -0.1) is 0 Å². The Morgan fingerprint density at radius 3 is 2.40 bits per heavy atom. The number of aromatic amines is 1. The smallest absolute Gasteiger partial charge is 0.135 e. The molecule has 0 spiro atoms. The van der Waals surface area contributed by atoms with E-state index in [1.807, 2.05) is 0 Å². The molecule has 3 rings (SSSR count). The first-order valence-corrected chi connectivity index (χ1v) is 5.94. The summed E-state index contributed by atoms with van der Waals surface area (Å²) in [6.07, 6.45) is 0. The highest BCUT2D eigenvalue weighted by atomic mass is 19.1. The van der Waals surface area contributed by atoms with E-state index >= 15 is 0 Å². The summed E-state index contributed by atoms with van der Waals surface area (Å²) in [6.45, 7) is 0. The molecule has 0 saturated carbocycles. The van der Waals surface area contributed by atoms with Crippen LogP contribution in [0.3, 0.4) is 0 Å². The quantitative estimate of drug-likeness (QED) is 0.746. The minimum absolute atomic E-state index is 0.161. The Morgan fingerprint density at radius 2 is 1.70 bits per heavy atom. The monoisotopic (exact) mass is 272 g/mol. The number of hydrogen-bond donors (Lipinski definition) is 2. The second-order valence-corrected chi connectivity index (χ2v) is 4.34. The fraction of sp³-hybridized carbons (Fsp3) is 0. The highest BCUT2D eigenvalue weighted by Gasteiger charge is 2.10. The van der Waals surface area contributed by atoms with E-state index in [0.717, 1.165) is 11.6 Å². The number of aromatic nitrogens is 2. The number of phenols is 1. The molecule has 1 heterocycles. The van der Waals surface area contributed by atoms with Crippen molar-refractivity contribution in [2.24, 2.45) is 0 Å². The molecule has 100 valence electrons. The summed E-state index contributed by atoms with van der Waals surface area (Å²) in [7, 11) is 0. The first kappa shape index (κ1) is 12.3. The summed E-state index contributed by atoms with van der Waals surface area (Å²) in [5.74, 6) is -1.11. The van der Waals surface area contributed by atoms with E-state index in [1.165, 1.54) is 12.1 Å². The lowest BCUT2D eigenvalue weighted by molar-refractivity contribution is 0.475. The molecule has 3 aromatic rings. The van der Waals surface area contributed by atoms with Crippen molar-refractivity contribution < 1.29 is 13.9 Å². The minimum atomic E-state index is -0.647. The van der Waals surface area contributed by atoms with Crippen molar-refractivity contribution >= 4 is 0 Å². The molecule has 1 aromatic heterocycles. The van der Waals surface area contributed by atoms with Crippen LogP contribution in [0.25, 0.3) is 22.5 Å². The molecule has 20 heavy (non-hydrogen) atoms. The van der Waals surface area contributed by atoms with Gasteiger partial charge < -0.3 is 5.11 Å². The molecule has 0 saturated heterocycles. The van der Waals surface area contributed by atoms with Crippen molar-refractivity contribution in [2.75, 3.05) is 0 Å². The van der Waals surface area contributed by atoms with Gasteiger partial charge in [0.05, 0.1) is 11.4 Å². The van der Waals surface area contributed by atoms with E-state index in [9.17, 15) is 13.9 Å². The summed E-state index contributed by atoms with van der Waals surface area (Å²) < 4.78 is 26.6. The van der Waals surface area contributed by atoms with E-state index in [4.69, 9.17) is 0 Å². The van der Waals surface area contributed by atoms with Crippen molar-refractivity contribution in [3.8, 4) is 28.3 Å². The van der Waals surface area contributed by atoms with Crippen LogP contribution in [0.5, 0.6) is 5.75 Å². The van der Waals surface area contributed by atoms with Gasteiger partial charge in [-0.3, -0.25) is 5.10 Å². The van der Waals surface area contributed by atoms with Crippen molar-refractivity contribution in [2.45, 2.75) is 0 Å². The van der Waals surface area contributed by atoms with Crippen LogP contribution in [0.1, 0.15) is 0 Å². The molecule has 0 amide bonds. The molecular weight excluding hydrogens is 262 g/mol. The van der Waals surface area contributed by atoms with Crippen molar-refractivity contribution in [1.29, 1.82) is 0 Å². The maximum Gasteiger partial charge on any atom is 0.135 e. The van der Waals surface area contributed by atoms with E-state index in [2.05, 4.69) is 10.2 Å². The van der Waals surface area contributed by atoms with Gasteiger partial charge in [-0.25, -0.2) is 8.78 Å². The molecule has 0 bridgehead atoms. The number of halogens is 2. The van der Waals surface area contributed by atoms with E-state index < -0.39 is 11.6 Å². The van der Waals surface area contributed by atoms with Crippen molar-refractivity contribution in [3.05, 3.63) is 60.2 Å². The zero-order valence-electron chi connectivity index (χ0n) is 10.3. The zero-order valence-corrected chi connectivity index (χ0v) is 10.3. The molecule has 0 atom stereocenters. The SMILES string of the molecule is Oc1ccc(-c2cc(-c3ccc(F)cc3F)[nH]n2)cc1. The molecule has 0 aliphatic carbocycles. The second-order valence-electron chi connectivity index (χ2n) is 4.34. The third kappa shape index (κ3) is 2.25. The zero-order chi connectivity index (χ0) is 14.1. The lowest BCUT2D eigenvalue weighted by Crippen LogP contribution is -1.86. The van der Waals surface area contributed by atoms with Gasteiger partial charge in [0.2, 0.25) is 0 Å². The van der Waals surface area contributed by atoms with Gasteiger partial charge in [0, 0.05) is 17.2 Å². The number of benzene rings is 2. The standard InChI is InChI=1S/C15H10F2N2O/c16-10-3-6-12(13(17)7-10)15-8-14(18-19-15)9-1-4-11(20)5-2-9/h1-8,20H,(H,18,19). The number of aromatic hydroxyl groups is 1. The number of hydrogen-bond acceptors (Lipinski definition) is 2. The molecule has 2 N–H and O–H groups in total. The van der Waals surface area contributed by atoms with Gasteiger partial charge in [0.25, 0.3) is 0 Å². The van der Waals surface area contributed by atoms with Crippen LogP contribution in [0.15, 0.2) is 48.5 Å². The van der Waals surface area contributed by atoms with Crippen molar-refractivity contribution in [1.82, 2.24) is 10.2 Å². The van der Waals surface area contributed by atoms with Crippen LogP contribution < -0.4 is 0 Å². The Balaban J connectivity index is 1.99. The maximum atomic E-state index is 13.7. The Hall–Kier alpha value is -2.69. The molecule has 0 radical (unpaired) electrons. The van der Waals surface area contributed by atoms with E-state index in [1.54, 1.807) is 30.3 Å². The van der Waals surface area contributed by atoms with Crippen LogP contribution in [0.4, 0.5) is 8.78 Å². The normalized spacial score (nSPS) is 10.7. The number of H-pyrrole nitrogens is 1. The summed E-state index contributed by atoms with van der Waals surface area (Å²) >= 11 is 0. The molecule has 0 unspecified atom stereocenters. The third-order valence-electron chi connectivity index (χ3n) is 2.96. The lowest BCUT2D eigenvalue weighted by Gasteiger charge is -1.99. The molecule has 5 heteroatoms. The van der Waals surface area contributed by atoms with E-state index in [-0.39, 0.29) is 11.3 Å². The van der Waals surface area contributed by atoms with Crippen LogP contribution in [0.2, 0.25) is 0 Å². The van der Waals surface area contributed by atoms with E-state index in [0.29, 0.717) is 11.4 Å². The Morgan fingerprint density at radius 1 is 0.950 bits per heavy atom. The number of phenolic OH excluding ortho intramolecular Hbond substituents is 1. The summed E-state index contributed by atoms with van der Waals surface area (Å²) in [4.78, 5) is 0.